The van der Waals surface area contributed by atoms with Gasteiger partial charge in [-0.2, -0.15) is 0 Å². The third-order valence-corrected chi connectivity index (χ3v) is 6.23. The van der Waals surface area contributed by atoms with E-state index in [9.17, 15) is 9.59 Å². The topological polar surface area (TPSA) is 97.6 Å². The second kappa shape index (κ2) is 8.16. The SMILES string of the molecule is Cn1c(=S)[nH]c2cc(C(=O)Nc3cccc(-c4nnc5n4CCCCC5)c3)ccc2c1=O. The third-order valence-electron chi connectivity index (χ3n) is 5.85. The number of nitrogens with one attached hydrogen (secondary N) is 2. The summed E-state index contributed by atoms with van der Waals surface area (Å²) in [5, 5.41) is 12.2. The highest BCUT2D eigenvalue weighted by molar-refractivity contribution is 7.71. The first-order valence-electron chi connectivity index (χ1n) is 10.6. The maximum absolute atomic E-state index is 12.9. The highest BCUT2D eigenvalue weighted by Crippen LogP contribution is 2.25. The number of hydrogen-bond donors (Lipinski definition) is 2. The second-order valence-electron chi connectivity index (χ2n) is 7.99. The molecule has 1 amide bonds. The number of fused-ring (bicyclic) bond motifs is 2. The molecule has 2 aromatic heterocycles. The van der Waals surface area contributed by atoms with Crippen LogP contribution >= 0.6 is 12.2 Å². The molecule has 1 aliphatic rings. The van der Waals surface area contributed by atoms with Crippen LogP contribution in [0.1, 0.15) is 35.4 Å². The quantitative estimate of drug-likeness (QED) is 0.466. The van der Waals surface area contributed by atoms with Gasteiger partial charge in [0, 0.05) is 36.8 Å². The predicted molar refractivity (Wildman–Crippen MR) is 125 cm³/mol. The molecule has 0 aliphatic carbocycles. The standard InChI is InChI=1S/C23H22N6O2S/c1-28-22(31)17-10-9-15(13-18(17)25-23(28)32)21(30)24-16-7-5-6-14(12-16)20-27-26-19-8-3-2-4-11-29(19)20/h5-7,9-10,12-13H,2-4,8,11H2,1H3,(H,24,30)(H,25,32). The molecule has 0 atom stereocenters. The molecule has 162 valence electrons. The first kappa shape index (κ1) is 20.3. The number of hydrogen-bond acceptors (Lipinski definition) is 5. The number of aromatic amines is 1. The Bertz CT molecular complexity index is 1470. The zero-order chi connectivity index (χ0) is 22.2. The number of H-pyrrole nitrogens is 1. The molecule has 0 saturated carbocycles. The van der Waals surface area contributed by atoms with Crippen LogP contribution in [0.15, 0.2) is 47.3 Å². The Labute approximate surface area is 188 Å². The van der Waals surface area contributed by atoms with Crippen molar-refractivity contribution < 1.29 is 4.79 Å². The van der Waals surface area contributed by atoms with Gasteiger partial charge in [0.2, 0.25) is 0 Å². The Morgan fingerprint density at radius 3 is 2.88 bits per heavy atom. The molecule has 0 saturated heterocycles. The Kier molecular flexibility index (Phi) is 5.18. The van der Waals surface area contributed by atoms with Crippen LogP contribution in [0, 0.1) is 4.77 Å². The number of carbonyl (C=O) groups is 1. The maximum Gasteiger partial charge on any atom is 0.261 e. The van der Waals surface area contributed by atoms with Gasteiger partial charge in [-0.1, -0.05) is 18.6 Å². The van der Waals surface area contributed by atoms with Gasteiger partial charge in [0.1, 0.15) is 5.82 Å². The summed E-state index contributed by atoms with van der Waals surface area (Å²) in [6, 6.07) is 12.5. The fourth-order valence-electron chi connectivity index (χ4n) is 4.09. The summed E-state index contributed by atoms with van der Waals surface area (Å²) in [5.41, 5.74) is 2.34. The molecule has 3 heterocycles. The van der Waals surface area contributed by atoms with Crippen molar-refractivity contribution in [2.24, 2.45) is 7.05 Å². The summed E-state index contributed by atoms with van der Waals surface area (Å²) in [4.78, 5) is 28.3. The van der Waals surface area contributed by atoms with E-state index in [1.807, 2.05) is 24.3 Å². The summed E-state index contributed by atoms with van der Waals surface area (Å²) >= 11 is 5.18. The normalized spacial score (nSPS) is 13.5. The predicted octanol–water partition coefficient (Wildman–Crippen LogP) is 3.83. The van der Waals surface area contributed by atoms with E-state index in [-0.39, 0.29) is 11.5 Å². The smallest absolute Gasteiger partial charge is 0.261 e. The molecule has 8 nitrogen and oxygen atoms in total. The first-order chi connectivity index (χ1) is 15.5. The fraction of sp³-hybridized carbons (Fsp3) is 0.261. The number of nitrogens with zero attached hydrogens (tertiary/aromatic N) is 4. The van der Waals surface area contributed by atoms with Crippen molar-refractivity contribution in [3.05, 3.63) is 69.0 Å². The molecule has 0 unspecified atom stereocenters. The van der Waals surface area contributed by atoms with Gasteiger partial charge in [-0.25, -0.2) is 0 Å². The lowest BCUT2D eigenvalue weighted by atomic mass is 10.1. The minimum atomic E-state index is -0.274. The highest BCUT2D eigenvalue weighted by atomic mass is 32.1. The molecule has 2 N–H and O–H groups in total. The third kappa shape index (κ3) is 3.64. The van der Waals surface area contributed by atoms with E-state index in [4.69, 9.17) is 12.2 Å². The van der Waals surface area contributed by atoms with Crippen molar-refractivity contribution in [3.8, 4) is 11.4 Å². The number of benzene rings is 2. The highest BCUT2D eigenvalue weighted by Gasteiger charge is 2.17. The van der Waals surface area contributed by atoms with Crippen LogP contribution in [0.2, 0.25) is 0 Å². The van der Waals surface area contributed by atoms with E-state index < -0.39 is 0 Å². The molecular weight excluding hydrogens is 424 g/mol. The summed E-state index contributed by atoms with van der Waals surface area (Å²) in [5.74, 6) is 1.57. The van der Waals surface area contributed by atoms with Crippen molar-refractivity contribution in [2.45, 2.75) is 32.2 Å². The molecule has 32 heavy (non-hydrogen) atoms. The number of rotatable bonds is 3. The van der Waals surface area contributed by atoms with E-state index in [0.717, 1.165) is 43.0 Å². The van der Waals surface area contributed by atoms with Crippen LogP contribution in [0.4, 0.5) is 5.69 Å². The van der Waals surface area contributed by atoms with Crippen LogP contribution in [-0.4, -0.2) is 30.2 Å². The van der Waals surface area contributed by atoms with Crippen LogP contribution < -0.4 is 10.9 Å². The van der Waals surface area contributed by atoms with Crippen molar-refractivity contribution in [1.29, 1.82) is 0 Å². The lowest BCUT2D eigenvalue weighted by Crippen LogP contribution is -2.19. The average molecular weight is 447 g/mol. The molecule has 1 aliphatic heterocycles. The van der Waals surface area contributed by atoms with E-state index in [0.29, 0.717) is 26.9 Å². The second-order valence-corrected chi connectivity index (χ2v) is 8.38. The summed E-state index contributed by atoms with van der Waals surface area (Å²) in [7, 11) is 1.61. The summed E-state index contributed by atoms with van der Waals surface area (Å²) in [6.45, 7) is 0.909. The molecule has 0 spiro atoms. The average Bonchev–Trinajstić information content (AvgIpc) is 3.05. The Morgan fingerprint density at radius 1 is 1.12 bits per heavy atom. The Balaban J connectivity index is 1.43. The van der Waals surface area contributed by atoms with Gasteiger partial charge < -0.3 is 14.9 Å². The van der Waals surface area contributed by atoms with Gasteiger partial charge in [0.05, 0.1) is 10.9 Å². The number of aromatic nitrogens is 5. The maximum atomic E-state index is 12.9. The van der Waals surface area contributed by atoms with Gasteiger partial charge in [-0.15, -0.1) is 10.2 Å². The van der Waals surface area contributed by atoms with Crippen molar-refractivity contribution in [2.75, 3.05) is 5.32 Å². The molecular formula is C23H22N6O2S. The molecule has 5 rings (SSSR count). The van der Waals surface area contributed by atoms with Crippen molar-refractivity contribution in [1.82, 2.24) is 24.3 Å². The first-order valence-corrected chi connectivity index (χ1v) is 11.0. The number of amides is 1. The van der Waals surface area contributed by atoms with Gasteiger partial charge in [-0.3, -0.25) is 14.2 Å². The fourth-order valence-corrected chi connectivity index (χ4v) is 4.28. The van der Waals surface area contributed by atoms with Crippen LogP contribution in [-0.2, 0) is 20.0 Å². The van der Waals surface area contributed by atoms with E-state index >= 15 is 0 Å². The summed E-state index contributed by atoms with van der Waals surface area (Å²) in [6.07, 6.45) is 4.39. The van der Waals surface area contributed by atoms with Crippen molar-refractivity contribution >= 4 is 34.7 Å². The van der Waals surface area contributed by atoms with Crippen molar-refractivity contribution in [3.63, 3.8) is 0 Å². The zero-order valence-corrected chi connectivity index (χ0v) is 18.4. The van der Waals surface area contributed by atoms with Gasteiger partial charge >= 0.3 is 0 Å². The molecule has 4 aromatic rings. The minimum absolute atomic E-state index is 0.198. The number of aryl methyl sites for hydroxylation is 1. The molecule has 9 heteroatoms. The van der Waals surface area contributed by atoms with Crippen LogP contribution in [0.25, 0.3) is 22.3 Å². The van der Waals surface area contributed by atoms with Crippen LogP contribution in [0.5, 0.6) is 0 Å². The molecule has 2 aromatic carbocycles. The lowest BCUT2D eigenvalue weighted by Gasteiger charge is -2.10. The largest absolute Gasteiger partial charge is 0.332 e. The minimum Gasteiger partial charge on any atom is -0.332 e. The monoisotopic (exact) mass is 446 g/mol. The van der Waals surface area contributed by atoms with Gasteiger partial charge in [0.25, 0.3) is 11.5 Å². The lowest BCUT2D eigenvalue weighted by molar-refractivity contribution is 0.102. The Hall–Kier alpha value is -3.59. The van der Waals surface area contributed by atoms with E-state index in [1.165, 1.54) is 11.0 Å². The van der Waals surface area contributed by atoms with E-state index in [1.54, 1.807) is 25.2 Å². The molecule has 0 fully saturated rings. The van der Waals surface area contributed by atoms with Gasteiger partial charge in [-0.05, 0) is 55.4 Å². The summed E-state index contributed by atoms with van der Waals surface area (Å²) < 4.78 is 3.86. The van der Waals surface area contributed by atoms with Crippen LogP contribution in [0.3, 0.4) is 0 Å². The molecule has 0 bridgehead atoms. The number of carbonyl (C=O) groups excluding carboxylic acids is 1. The Morgan fingerprint density at radius 2 is 2.00 bits per heavy atom. The zero-order valence-electron chi connectivity index (χ0n) is 17.6. The number of anilines is 1. The van der Waals surface area contributed by atoms with E-state index in [2.05, 4.69) is 25.1 Å². The van der Waals surface area contributed by atoms with Gasteiger partial charge in [0.15, 0.2) is 10.6 Å². The molecule has 0 radical (unpaired) electrons.